The summed E-state index contributed by atoms with van der Waals surface area (Å²) in [4.78, 5) is 13.1. The van der Waals surface area contributed by atoms with Crippen LogP contribution in [0, 0.1) is 0 Å². The first-order valence-corrected chi connectivity index (χ1v) is 12.1. The summed E-state index contributed by atoms with van der Waals surface area (Å²) in [5.41, 5.74) is 4.87. The van der Waals surface area contributed by atoms with Crippen molar-refractivity contribution in [3.05, 3.63) is 70.8 Å². The van der Waals surface area contributed by atoms with Crippen molar-refractivity contribution in [1.29, 1.82) is 0 Å². The summed E-state index contributed by atoms with van der Waals surface area (Å²) >= 11 is 1.99. The van der Waals surface area contributed by atoms with Gasteiger partial charge in [0.1, 0.15) is 0 Å². The van der Waals surface area contributed by atoms with Gasteiger partial charge in [-0.3, -0.25) is 0 Å². The van der Waals surface area contributed by atoms with Gasteiger partial charge >= 0.3 is 5.97 Å². The first kappa shape index (κ1) is 22.7. The number of hydrogen-bond donors (Lipinski definition) is 0. The van der Waals surface area contributed by atoms with Gasteiger partial charge in [0.05, 0.1) is 12.7 Å². The molecule has 2 aromatic carbocycles. The van der Waals surface area contributed by atoms with Crippen LogP contribution in [0.5, 0.6) is 0 Å². The maximum Gasteiger partial charge on any atom is 0.337 e. The number of methoxy groups -OCH3 is 1. The van der Waals surface area contributed by atoms with Crippen LogP contribution < -0.4 is 0 Å². The number of esters is 1. The summed E-state index contributed by atoms with van der Waals surface area (Å²) < 4.78 is 4.79. The van der Waals surface area contributed by atoms with E-state index in [0.29, 0.717) is 11.5 Å². The molecule has 0 amide bonds. The van der Waals surface area contributed by atoms with Gasteiger partial charge in [-0.15, -0.1) is 11.8 Å². The second-order valence-electron chi connectivity index (χ2n) is 8.81. The maximum absolute atomic E-state index is 11.7. The summed E-state index contributed by atoms with van der Waals surface area (Å²) in [6, 6.07) is 14.8. The van der Waals surface area contributed by atoms with E-state index < -0.39 is 0 Å². The van der Waals surface area contributed by atoms with Gasteiger partial charge in [0.25, 0.3) is 0 Å². The number of rotatable bonds is 8. The first-order chi connectivity index (χ1) is 14.4. The van der Waals surface area contributed by atoms with Crippen LogP contribution in [0.4, 0.5) is 0 Å². The molecule has 0 fully saturated rings. The maximum atomic E-state index is 11.7. The minimum atomic E-state index is -0.294. The molecule has 0 spiro atoms. The fourth-order valence-corrected chi connectivity index (χ4v) is 5.53. The summed E-state index contributed by atoms with van der Waals surface area (Å²) in [5, 5.41) is 0. The standard InChI is InChI=1S/C27H34O2S/c1-5-6-7-8-21(12-9-20-10-13-22(14-11-20)26(28)29-4)23-15-16-25-24(19-23)27(2,3)17-18-30-25/h9-16,19,21H,5-8,17-18H2,1-4H3/b12-9+. The van der Waals surface area contributed by atoms with Crippen LogP contribution in [0.1, 0.15) is 85.8 Å². The van der Waals surface area contributed by atoms with Crippen molar-refractivity contribution in [3.63, 3.8) is 0 Å². The Bertz CT molecular complexity index is 880. The molecule has 0 aliphatic carbocycles. The molecule has 0 aromatic heterocycles. The molecule has 3 heteroatoms. The van der Waals surface area contributed by atoms with Crippen LogP contribution in [-0.4, -0.2) is 18.8 Å². The van der Waals surface area contributed by atoms with E-state index >= 15 is 0 Å². The number of carbonyl (C=O) groups is 1. The minimum Gasteiger partial charge on any atom is -0.465 e. The zero-order chi connectivity index (χ0) is 21.6. The fraction of sp³-hybridized carbons (Fsp3) is 0.444. The Balaban J connectivity index is 1.84. The molecule has 1 aliphatic rings. The molecule has 1 unspecified atom stereocenters. The van der Waals surface area contributed by atoms with E-state index in [1.807, 2.05) is 36.0 Å². The van der Waals surface area contributed by atoms with Crippen LogP contribution in [-0.2, 0) is 10.2 Å². The third-order valence-electron chi connectivity index (χ3n) is 6.12. The molecule has 30 heavy (non-hydrogen) atoms. The Labute approximate surface area is 186 Å². The SMILES string of the molecule is CCCCCC(/C=C/c1ccc(C(=O)OC)cc1)c1ccc2c(c1)C(C)(C)CCS2. The van der Waals surface area contributed by atoms with Gasteiger partial charge in [-0.1, -0.05) is 76.5 Å². The molecule has 2 aromatic rings. The number of carbonyl (C=O) groups excluding carboxylic acids is 1. The van der Waals surface area contributed by atoms with Crippen molar-refractivity contribution in [2.75, 3.05) is 12.9 Å². The van der Waals surface area contributed by atoms with Gasteiger partial charge < -0.3 is 4.74 Å². The molecule has 1 aliphatic heterocycles. The molecule has 3 rings (SSSR count). The lowest BCUT2D eigenvalue weighted by Crippen LogP contribution is -2.23. The second-order valence-corrected chi connectivity index (χ2v) is 9.95. The van der Waals surface area contributed by atoms with Crippen molar-refractivity contribution in [3.8, 4) is 0 Å². The molecule has 0 saturated carbocycles. The predicted molar refractivity (Wildman–Crippen MR) is 129 cm³/mol. The number of allylic oxidation sites excluding steroid dienone is 1. The van der Waals surface area contributed by atoms with Gasteiger partial charge in [-0.25, -0.2) is 4.79 Å². The quantitative estimate of drug-likeness (QED) is 0.323. The van der Waals surface area contributed by atoms with Crippen LogP contribution >= 0.6 is 11.8 Å². The van der Waals surface area contributed by atoms with Gasteiger partial charge in [-0.05, 0) is 58.9 Å². The van der Waals surface area contributed by atoms with Crippen molar-refractivity contribution in [2.24, 2.45) is 0 Å². The normalized spacial score (nSPS) is 16.3. The average molecular weight is 423 g/mol. The third kappa shape index (κ3) is 5.57. The number of benzene rings is 2. The van der Waals surface area contributed by atoms with E-state index in [0.717, 1.165) is 12.0 Å². The largest absolute Gasteiger partial charge is 0.465 e. The summed E-state index contributed by atoms with van der Waals surface area (Å²) in [7, 11) is 1.41. The molecular weight excluding hydrogens is 388 g/mol. The van der Waals surface area contributed by atoms with Gasteiger partial charge in [0, 0.05) is 10.8 Å². The van der Waals surface area contributed by atoms with Crippen LogP contribution in [0.3, 0.4) is 0 Å². The molecule has 1 atom stereocenters. The highest BCUT2D eigenvalue weighted by Gasteiger charge is 2.28. The van der Waals surface area contributed by atoms with E-state index in [4.69, 9.17) is 4.74 Å². The van der Waals surface area contributed by atoms with E-state index in [1.165, 1.54) is 54.6 Å². The van der Waals surface area contributed by atoms with Gasteiger partial charge in [0.2, 0.25) is 0 Å². The highest BCUT2D eigenvalue weighted by molar-refractivity contribution is 7.99. The smallest absolute Gasteiger partial charge is 0.337 e. The van der Waals surface area contributed by atoms with Crippen molar-refractivity contribution >= 4 is 23.8 Å². The Kier molecular flexibility index (Phi) is 7.82. The molecule has 0 radical (unpaired) electrons. The molecule has 0 N–H and O–H groups in total. The van der Waals surface area contributed by atoms with Crippen LogP contribution in [0.25, 0.3) is 6.08 Å². The second kappa shape index (κ2) is 10.3. The summed E-state index contributed by atoms with van der Waals surface area (Å²) in [5.74, 6) is 1.32. The summed E-state index contributed by atoms with van der Waals surface area (Å²) in [6.45, 7) is 7.01. The average Bonchev–Trinajstić information content (AvgIpc) is 2.76. The van der Waals surface area contributed by atoms with E-state index in [1.54, 1.807) is 0 Å². The molecule has 160 valence electrons. The lowest BCUT2D eigenvalue weighted by atomic mass is 9.79. The lowest BCUT2D eigenvalue weighted by molar-refractivity contribution is 0.0600. The summed E-state index contributed by atoms with van der Waals surface area (Å²) in [6.07, 6.45) is 10.7. The lowest BCUT2D eigenvalue weighted by Gasteiger charge is -2.33. The molecule has 1 heterocycles. The van der Waals surface area contributed by atoms with Crippen LogP contribution in [0.2, 0.25) is 0 Å². The Morgan fingerprint density at radius 1 is 1.17 bits per heavy atom. The number of hydrogen-bond acceptors (Lipinski definition) is 3. The number of unbranched alkanes of at least 4 members (excludes halogenated alkanes) is 2. The Morgan fingerprint density at radius 2 is 1.93 bits per heavy atom. The zero-order valence-corrected chi connectivity index (χ0v) is 19.6. The van der Waals surface area contributed by atoms with Crippen molar-refractivity contribution in [2.45, 2.75) is 69.1 Å². The molecule has 0 bridgehead atoms. The Hall–Kier alpha value is -2.00. The number of thioether (sulfide) groups is 1. The van der Waals surface area contributed by atoms with Gasteiger partial charge in [0.15, 0.2) is 0 Å². The Morgan fingerprint density at radius 3 is 2.63 bits per heavy atom. The highest BCUT2D eigenvalue weighted by atomic mass is 32.2. The van der Waals surface area contributed by atoms with E-state index in [-0.39, 0.29) is 11.4 Å². The van der Waals surface area contributed by atoms with Gasteiger partial charge in [-0.2, -0.15) is 0 Å². The van der Waals surface area contributed by atoms with E-state index in [2.05, 4.69) is 51.1 Å². The fourth-order valence-electron chi connectivity index (χ4n) is 4.05. The topological polar surface area (TPSA) is 26.3 Å². The van der Waals surface area contributed by atoms with Crippen LogP contribution in [0.15, 0.2) is 53.4 Å². The predicted octanol–water partition coefficient (Wildman–Crippen LogP) is 7.62. The molecular formula is C27H34O2S. The van der Waals surface area contributed by atoms with E-state index in [9.17, 15) is 4.79 Å². The van der Waals surface area contributed by atoms with Crippen molar-refractivity contribution in [1.82, 2.24) is 0 Å². The number of fused-ring (bicyclic) bond motifs is 1. The van der Waals surface area contributed by atoms with Crippen molar-refractivity contribution < 1.29 is 9.53 Å². The number of ether oxygens (including phenoxy) is 1. The third-order valence-corrected chi connectivity index (χ3v) is 7.19. The monoisotopic (exact) mass is 422 g/mol. The first-order valence-electron chi connectivity index (χ1n) is 11.1. The molecule has 2 nitrogen and oxygen atoms in total. The highest BCUT2D eigenvalue weighted by Crippen LogP contribution is 2.43. The minimum absolute atomic E-state index is 0.248. The zero-order valence-electron chi connectivity index (χ0n) is 18.7. The molecule has 0 saturated heterocycles.